The average molecular weight is 100 g/mol. The maximum atomic E-state index is 9.89. The van der Waals surface area contributed by atoms with Crippen molar-refractivity contribution < 1.29 is 4.79 Å². The van der Waals surface area contributed by atoms with Crippen LogP contribution in [0.1, 0.15) is 26.7 Å². The van der Waals surface area contributed by atoms with Crippen LogP contribution < -0.4 is 0 Å². The smallest absolute Gasteiger partial charge is 0.122 e. The van der Waals surface area contributed by atoms with Gasteiger partial charge in [0, 0.05) is 5.92 Å². The Morgan fingerprint density at radius 1 is 1.71 bits per heavy atom. The Morgan fingerprint density at radius 3 is 2.43 bits per heavy atom. The Bertz CT molecular complexity index is 50.1. The minimum Gasteiger partial charge on any atom is -0.303 e. The fraction of sp³-hybridized carbons (Fsp3) is 0.833. The van der Waals surface area contributed by atoms with Crippen molar-refractivity contribution in [1.29, 1.82) is 0 Å². The van der Waals surface area contributed by atoms with Gasteiger partial charge in [-0.3, -0.25) is 0 Å². The van der Waals surface area contributed by atoms with E-state index in [2.05, 4.69) is 6.92 Å². The van der Waals surface area contributed by atoms with Crippen molar-refractivity contribution >= 4 is 6.29 Å². The second-order valence-corrected chi connectivity index (χ2v) is 1.90. The van der Waals surface area contributed by atoms with Crippen LogP contribution in [0.4, 0.5) is 0 Å². The first kappa shape index (κ1) is 6.67. The van der Waals surface area contributed by atoms with Gasteiger partial charge in [0.15, 0.2) is 0 Å². The van der Waals surface area contributed by atoms with Crippen molar-refractivity contribution in [2.45, 2.75) is 26.7 Å². The van der Waals surface area contributed by atoms with E-state index in [9.17, 15) is 4.79 Å². The van der Waals surface area contributed by atoms with Crippen LogP contribution in [-0.4, -0.2) is 6.29 Å². The molecule has 0 aromatic rings. The van der Waals surface area contributed by atoms with E-state index in [1.54, 1.807) is 0 Å². The average Bonchev–Trinajstić information content (AvgIpc) is 1.68. The van der Waals surface area contributed by atoms with Crippen LogP contribution >= 0.6 is 0 Å². The zero-order chi connectivity index (χ0) is 5.70. The summed E-state index contributed by atoms with van der Waals surface area (Å²) in [6.07, 6.45) is 3.15. The Balaban J connectivity index is 2.98. The first-order valence-electron chi connectivity index (χ1n) is 2.76. The third kappa shape index (κ3) is 3.50. The number of aldehydes is 1. The largest absolute Gasteiger partial charge is 0.303 e. The van der Waals surface area contributed by atoms with Crippen molar-refractivity contribution in [2.75, 3.05) is 0 Å². The Kier molecular flexibility index (Phi) is 3.67. The molecule has 0 aromatic heterocycles. The highest BCUT2D eigenvalue weighted by Crippen LogP contribution is 1.98. The van der Waals surface area contributed by atoms with Crippen molar-refractivity contribution in [2.24, 2.45) is 5.92 Å². The van der Waals surface area contributed by atoms with Gasteiger partial charge in [0.2, 0.25) is 0 Å². The lowest BCUT2D eigenvalue weighted by atomic mass is 10.1. The Labute approximate surface area is 44.7 Å². The molecule has 0 fully saturated rings. The molecular weight excluding hydrogens is 88.1 g/mol. The summed E-state index contributed by atoms with van der Waals surface area (Å²) < 4.78 is 0. The van der Waals surface area contributed by atoms with Crippen LogP contribution in [0.2, 0.25) is 0 Å². The van der Waals surface area contributed by atoms with E-state index in [0.717, 1.165) is 19.1 Å². The number of carbonyl (C=O) groups excluding carboxylic acids is 1. The topological polar surface area (TPSA) is 17.1 Å². The van der Waals surface area contributed by atoms with Gasteiger partial charge in [-0.05, 0) is 6.42 Å². The molecule has 42 valence electrons. The molecule has 0 aliphatic carbocycles. The lowest BCUT2D eigenvalue weighted by Crippen LogP contribution is -1.92. The van der Waals surface area contributed by atoms with E-state index in [0.29, 0.717) is 0 Å². The number of hydrogen-bond donors (Lipinski definition) is 0. The summed E-state index contributed by atoms with van der Waals surface area (Å²) in [4.78, 5) is 9.89. The van der Waals surface area contributed by atoms with Gasteiger partial charge in [-0.25, -0.2) is 0 Å². The monoisotopic (exact) mass is 100 g/mol. The summed E-state index contributed by atoms with van der Waals surface area (Å²) >= 11 is 0. The molecule has 0 saturated heterocycles. The third-order valence-electron chi connectivity index (χ3n) is 0.976. The molecular formula is C6H12O. The summed E-state index contributed by atoms with van der Waals surface area (Å²) in [5.74, 6) is 0.269. The normalized spacial score (nSPS) is 13.4. The van der Waals surface area contributed by atoms with Gasteiger partial charge >= 0.3 is 0 Å². The van der Waals surface area contributed by atoms with Gasteiger partial charge in [-0.1, -0.05) is 20.3 Å². The highest BCUT2D eigenvalue weighted by Gasteiger charge is 1.93. The van der Waals surface area contributed by atoms with E-state index >= 15 is 0 Å². The van der Waals surface area contributed by atoms with Crippen LogP contribution in [-0.2, 0) is 4.79 Å². The van der Waals surface area contributed by atoms with Gasteiger partial charge in [-0.2, -0.15) is 0 Å². The van der Waals surface area contributed by atoms with Crippen molar-refractivity contribution in [3.8, 4) is 0 Å². The molecule has 0 aliphatic rings. The van der Waals surface area contributed by atoms with E-state index < -0.39 is 0 Å². The van der Waals surface area contributed by atoms with E-state index in [4.69, 9.17) is 0 Å². The number of hydrogen-bond acceptors (Lipinski definition) is 1. The summed E-state index contributed by atoms with van der Waals surface area (Å²) in [5, 5.41) is 0. The molecule has 0 heterocycles. The van der Waals surface area contributed by atoms with Crippen molar-refractivity contribution in [1.82, 2.24) is 0 Å². The molecule has 0 amide bonds. The molecule has 1 atom stereocenters. The zero-order valence-electron chi connectivity index (χ0n) is 4.98. The molecule has 0 unspecified atom stereocenters. The van der Waals surface area contributed by atoms with Gasteiger partial charge in [0.25, 0.3) is 0 Å². The molecule has 0 rings (SSSR count). The Hall–Kier alpha value is -0.330. The summed E-state index contributed by atoms with van der Waals surface area (Å²) in [6.45, 7) is 4.02. The van der Waals surface area contributed by atoms with Crippen LogP contribution in [0.15, 0.2) is 0 Å². The fourth-order valence-electron chi connectivity index (χ4n) is 0.523. The molecule has 0 radical (unpaired) electrons. The second-order valence-electron chi connectivity index (χ2n) is 1.90. The molecule has 1 heteroatoms. The molecule has 0 bridgehead atoms. The fourth-order valence-corrected chi connectivity index (χ4v) is 0.523. The molecule has 7 heavy (non-hydrogen) atoms. The van der Waals surface area contributed by atoms with E-state index in [1.165, 1.54) is 0 Å². The highest BCUT2D eigenvalue weighted by atomic mass is 16.1. The first-order chi connectivity index (χ1) is 3.31. The molecule has 0 spiro atoms. The van der Waals surface area contributed by atoms with Crippen LogP contribution in [0, 0.1) is 5.92 Å². The first-order valence-corrected chi connectivity index (χ1v) is 2.76. The highest BCUT2D eigenvalue weighted by molar-refractivity contribution is 5.52. The van der Waals surface area contributed by atoms with Crippen LogP contribution in [0.3, 0.4) is 0 Å². The summed E-state index contributed by atoms with van der Waals surface area (Å²) in [7, 11) is 0. The lowest BCUT2D eigenvalue weighted by molar-refractivity contribution is -0.110. The van der Waals surface area contributed by atoms with Crippen LogP contribution in [0.25, 0.3) is 0 Å². The maximum Gasteiger partial charge on any atom is 0.122 e. The molecule has 0 aliphatic heterocycles. The molecule has 1 nitrogen and oxygen atoms in total. The lowest BCUT2D eigenvalue weighted by Gasteiger charge is -1.94. The summed E-state index contributed by atoms with van der Waals surface area (Å²) in [5.41, 5.74) is 0. The van der Waals surface area contributed by atoms with Crippen LogP contribution in [0.5, 0.6) is 0 Å². The molecule has 0 saturated carbocycles. The number of rotatable bonds is 3. The van der Waals surface area contributed by atoms with Crippen molar-refractivity contribution in [3.63, 3.8) is 0 Å². The zero-order valence-corrected chi connectivity index (χ0v) is 4.98. The SMILES string of the molecule is CCC[C@@H](C)C=O. The Morgan fingerprint density at radius 2 is 2.29 bits per heavy atom. The maximum absolute atomic E-state index is 9.89. The quantitative estimate of drug-likeness (QED) is 0.492. The van der Waals surface area contributed by atoms with Gasteiger partial charge in [0.1, 0.15) is 6.29 Å². The second kappa shape index (κ2) is 3.85. The summed E-state index contributed by atoms with van der Waals surface area (Å²) in [6, 6.07) is 0. The van der Waals surface area contributed by atoms with Gasteiger partial charge in [-0.15, -0.1) is 0 Å². The predicted molar refractivity (Wildman–Crippen MR) is 30.1 cm³/mol. The minimum atomic E-state index is 0.269. The molecule has 0 aromatic carbocycles. The standard InChI is InChI=1S/C6H12O/c1-3-4-6(2)5-7/h5-6H,3-4H2,1-2H3/t6-/m1/s1. The van der Waals surface area contributed by atoms with Gasteiger partial charge in [0.05, 0.1) is 0 Å². The number of carbonyl (C=O) groups is 1. The third-order valence-corrected chi connectivity index (χ3v) is 0.976. The van der Waals surface area contributed by atoms with Crippen molar-refractivity contribution in [3.05, 3.63) is 0 Å². The van der Waals surface area contributed by atoms with Gasteiger partial charge < -0.3 is 4.79 Å². The predicted octanol–water partition coefficient (Wildman–Crippen LogP) is 1.62. The minimum absolute atomic E-state index is 0.269. The molecule has 0 N–H and O–H groups in total. The van der Waals surface area contributed by atoms with E-state index in [1.807, 2.05) is 6.92 Å². The van der Waals surface area contributed by atoms with E-state index in [-0.39, 0.29) is 5.92 Å².